The first-order valence-corrected chi connectivity index (χ1v) is 7.95. The van der Waals surface area contributed by atoms with Crippen LogP contribution < -0.4 is 5.32 Å². The zero-order valence-corrected chi connectivity index (χ0v) is 12.8. The van der Waals surface area contributed by atoms with Gasteiger partial charge in [0.1, 0.15) is 5.82 Å². The molecule has 0 saturated heterocycles. The molecule has 0 aliphatic heterocycles. The van der Waals surface area contributed by atoms with Gasteiger partial charge in [-0.2, -0.15) is 0 Å². The minimum atomic E-state index is 0.805. The Morgan fingerprint density at radius 1 is 1.19 bits per heavy atom. The van der Waals surface area contributed by atoms with Crippen LogP contribution in [0.25, 0.3) is 5.69 Å². The molecule has 3 rings (SSSR count). The number of thiazole rings is 1. The fourth-order valence-corrected chi connectivity index (χ4v) is 2.93. The van der Waals surface area contributed by atoms with Gasteiger partial charge in [0.15, 0.2) is 0 Å². The Kier molecular flexibility index (Phi) is 4.43. The summed E-state index contributed by atoms with van der Waals surface area (Å²) in [6.07, 6.45) is 2.90. The molecule has 21 heavy (non-hydrogen) atoms. The number of nitrogens with zero attached hydrogens (tertiary/aromatic N) is 3. The molecule has 0 fully saturated rings. The van der Waals surface area contributed by atoms with Crippen LogP contribution >= 0.6 is 11.3 Å². The number of aryl methyl sites for hydroxylation is 1. The number of nitrogens with one attached hydrogen (secondary N) is 1. The van der Waals surface area contributed by atoms with Crippen molar-refractivity contribution < 1.29 is 0 Å². The minimum absolute atomic E-state index is 0.805. The molecule has 0 aliphatic rings. The third kappa shape index (κ3) is 3.37. The molecule has 0 radical (unpaired) electrons. The van der Waals surface area contributed by atoms with Crippen LogP contribution in [0.5, 0.6) is 0 Å². The fraction of sp³-hybridized carbons (Fsp3) is 0.250. The molecule has 108 valence electrons. The first-order chi connectivity index (χ1) is 10.3. The Morgan fingerprint density at radius 3 is 2.81 bits per heavy atom. The van der Waals surface area contributed by atoms with E-state index in [4.69, 9.17) is 0 Å². The van der Waals surface area contributed by atoms with E-state index >= 15 is 0 Å². The van der Waals surface area contributed by atoms with E-state index in [-0.39, 0.29) is 0 Å². The van der Waals surface area contributed by atoms with E-state index in [1.807, 2.05) is 36.8 Å². The second-order valence-corrected chi connectivity index (χ2v) is 5.59. The lowest BCUT2D eigenvalue weighted by Crippen LogP contribution is -2.19. The van der Waals surface area contributed by atoms with Gasteiger partial charge < -0.3 is 5.32 Å². The van der Waals surface area contributed by atoms with Crippen molar-refractivity contribution in [2.24, 2.45) is 0 Å². The van der Waals surface area contributed by atoms with Crippen LogP contribution in [0.2, 0.25) is 0 Å². The van der Waals surface area contributed by atoms with Crippen molar-refractivity contribution in [3.8, 4) is 5.69 Å². The normalized spacial score (nSPS) is 10.9. The molecule has 0 aliphatic carbocycles. The first-order valence-electron chi connectivity index (χ1n) is 7.01. The highest BCUT2D eigenvalue weighted by molar-refractivity contribution is 7.07. The van der Waals surface area contributed by atoms with Gasteiger partial charge in [0, 0.05) is 30.6 Å². The van der Waals surface area contributed by atoms with Gasteiger partial charge in [-0.25, -0.2) is 9.97 Å². The zero-order valence-electron chi connectivity index (χ0n) is 12.0. The van der Waals surface area contributed by atoms with Crippen molar-refractivity contribution in [1.82, 2.24) is 19.9 Å². The Hall–Kier alpha value is -1.98. The number of para-hydroxylation sites is 1. The summed E-state index contributed by atoms with van der Waals surface area (Å²) >= 11 is 1.64. The van der Waals surface area contributed by atoms with E-state index < -0.39 is 0 Å². The second-order valence-electron chi connectivity index (χ2n) is 4.87. The minimum Gasteiger partial charge on any atom is -0.311 e. The summed E-state index contributed by atoms with van der Waals surface area (Å²) in [5.41, 5.74) is 5.37. The lowest BCUT2D eigenvalue weighted by Gasteiger charge is -2.11. The molecular weight excluding hydrogens is 280 g/mol. The van der Waals surface area contributed by atoms with Crippen LogP contribution in [0.1, 0.15) is 17.2 Å². The highest BCUT2D eigenvalue weighted by atomic mass is 32.1. The van der Waals surface area contributed by atoms with E-state index in [2.05, 4.69) is 37.4 Å². The van der Waals surface area contributed by atoms with Crippen molar-refractivity contribution in [1.29, 1.82) is 0 Å². The first kappa shape index (κ1) is 14.0. The molecule has 2 aromatic heterocycles. The summed E-state index contributed by atoms with van der Waals surface area (Å²) in [5.74, 6) is 1.01. The van der Waals surface area contributed by atoms with E-state index in [9.17, 15) is 0 Å². The maximum atomic E-state index is 4.43. The molecule has 4 nitrogen and oxygen atoms in total. The highest BCUT2D eigenvalue weighted by Gasteiger charge is 2.07. The van der Waals surface area contributed by atoms with Gasteiger partial charge in [-0.15, -0.1) is 11.3 Å². The quantitative estimate of drug-likeness (QED) is 0.711. The number of aromatic nitrogens is 3. The molecule has 0 spiro atoms. The Bertz CT molecular complexity index is 674. The average molecular weight is 298 g/mol. The maximum absolute atomic E-state index is 4.43. The molecule has 0 unspecified atom stereocenters. The summed E-state index contributed by atoms with van der Waals surface area (Å²) < 4.78 is 2.19. The Labute approximate surface area is 128 Å². The van der Waals surface area contributed by atoms with E-state index in [1.54, 1.807) is 11.3 Å². The summed E-state index contributed by atoms with van der Waals surface area (Å²) in [7, 11) is 0. The summed E-state index contributed by atoms with van der Waals surface area (Å²) in [6.45, 7) is 3.76. The molecule has 0 atom stereocenters. The molecule has 2 heterocycles. The Morgan fingerprint density at radius 2 is 2.05 bits per heavy atom. The van der Waals surface area contributed by atoms with Crippen LogP contribution in [0.4, 0.5) is 0 Å². The number of rotatable bonds is 6. The van der Waals surface area contributed by atoms with Gasteiger partial charge in [-0.05, 0) is 19.1 Å². The molecular formula is C16H18N4S. The number of benzene rings is 1. The largest absolute Gasteiger partial charge is 0.311 e. The average Bonchev–Trinajstić information content (AvgIpc) is 3.14. The van der Waals surface area contributed by atoms with Gasteiger partial charge in [0.25, 0.3) is 0 Å². The lowest BCUT2D eigenvalue weighted by atomic mass is 10.3. The second kappa shape index (κ2) is 6.65. The van der Waals surface area contributed by atoms with E-state index in [1.165, 1.54) is 5.69 Å². The van der Waals surface area contributed by atoms with Gasteiger partial charge in [-0.1, -0.05) is 18.2 Å². The van der Waals surface area contributed by atoms with Crippen molar-refractivity contribution >= 4 is 11.3 Å². The highest BCUT2D eigenvalue weighted by Crippen LogP contribution is 2.14. The van der Waals surface area contributed by atoms with Crippen molar-refractivity contribution in [3.05, 3.63) is 64.6 Å². The van der Waals surface area contributed by atoms with Crippen LogP contribution in [0, 0.1) is 6.92 Å². The summed E-state index contributed by atoms with van der Waals surface area (Å²) in [4.78, 5) is 8.72. The molecule has 1 N–H and O–H groups in total. The smallest absolute Gasteiger partial charge is 0.110 e. The van der Waals surface area contributed by atoms with Crippen LogP contribution in [-0.2, 0) is 13.0 Å². The standard InChI is InChI=1S/C16H18N4S/c1-13-18-10-16(20(13)15-5-3-2-4-6-15)9-17-8-7-14-11-21-12-19-14/h2-6,10-12,17H,7-9H2,1H3. The van der Waals surface area contributed by atoms with Crippen LogP contribution in [0.15, 0.2) is 47.4 Å². The van der Waals surface area contributed by atoms with Crippen LogP contribution in [-0.4, -0.2) is 21.1 Å². The molecule has 0 bridgehead atoms. The monoisotopic (exact) mass is 298 g/mol. The number of hydrogen-bond acceptors (Lipinski definition) is 4. The van der Waals surface area contributed by atoms with Gasteiger partial charge in [-0.3, -0.25) is 4.57 Å². The predicted octanol–water partition coefficient (Wildman–Crippen LogP) is 2.97. The van der Waals surface area contributed by atoms with Crippen molar-refractivity contribution in [2.45, 2.75) is 19.9 Å². The van der Waals surface area contributed by atoms with Crippen molar-refractivity contribution in [3.63, 3.8) is 0 Å². The van der Waals surface area contributed by atoms with Crippen molar-refractivity contribution in [2.75, 3.05) is 6.54 Å². The molecule has 0 saturated carbocycles. The van der Waals surface area contributed by atoms with Gasteiger partial charge in [0.05, 0.1) is 23.1 Å². The fourth-order valence-electron chi connectivity index (χ4n) is 2.34. The maximum Gasteiger partial charge on any atom is 0.110 e. The SMILES string of the molecule is Cc1ncc(CNCCc2cscn2)n1-c1ccccc1. The number of hydrogen-bond donors (Lipinski definition) is 1. The van der Waals surface area contributed by atoms with Gasteiger partial charge in [0.2, 0.25) is 0 Å². The topological polar surface area (TPSA) is 42.7 Å². The summed E-state index contributed by atoms with van der Waals surface area (Å²) in [5, 5.41) is 5.56. The third-order valence-electron chi connectivity index (χ3n) is 3.37. The molecule has 5 heteroatoms. The van der Waals surface area contributed by atoms with Crippen LogP contribution in [0.3, 0.4) is 0 Å². The van der Waals surface area contributed by atoms with Gasteiger partial charge >= 0.3 is 0 Å². The van der Waals surface area contributed by atoms with E-state index in [0.29, 0.717) is 0 Å². The number of imidazole rings is 1. The molecule has 1 aromatic carbocycles. The summed E-state index contributed by atoms with van der Waals surface area (Å²) in [6, 6.07) is 10.3. The molecule has 0 amide bonds. The third-order valence-corrected chi connectivity index (χ3v) is 4.01. The molecule has 3 aromatic rings. The van der Waals surface area contributed by atoms with E-state index in [0.717, 1.165) is 36.7 Å². The predicted molar refractivity (Wildman–Crippen MR) is 85.8 cm³/mol. The lowest BCUT2D eigenvalue weighted by molar-refractivity contribution is 0.659. The Balaban J connectivity index is 1.64. The zero-order chi connectivity index (χ0) is 14.5.